The number of carbonyl (C=O) groups is 2. The molecule has 0 bridgehead atoms. The third kappa shape index (κ3) is 2.10. The highest BCUT2D eigenvalue weighted by Gasteiger charge is 2.61. The topological polar surface area (TPSA) is 86.1 Å². The number of methoxy groups -OCH3 is 1. The number of likely N-dealkylation sites (N-methyl/N-ethyl adjacent to an activating group) is 1. The number of hydrogen-bond acceptors (Lipinski definition) is 6. The molecule has 1 aliphatic carbocycles. The number of benzene rings is 1. The van der Waals surface area contributed by atoms with Gasteiger partial charge < -0.3 is 18.8 Å². The summed E-state index contributed by atoms with van der Waals surface area (Å²) in [5.41, 5.74) is -0.811. The van der Waals surface area contributed by atoms with Crippen molar-refractivity contribution in [2.24, 2.45) is 0 Å². The van der Waals surface area contributed by atoms with Gasteiger partial charge in [-0.2, -0.15) is 0 Å². The van der Waals surface area contributed by atoms with Gasteiger partial charge in [-0.15, -0.1) is 0 Å². The van der Waals surface area contributed by atoms with Crippen LogP contribution in [-0.2, 0) is 15.0 Å². The van der Waals surface area contributed by atoms with Gasteiger partial charge in [-0.3, -0.25) is 9.59 Å². The Balaban J connectivity index is 1.98. The first-order valence-electron chi connectivity index (χ1n) is 9.46. The third-order valence-corrected chi connectivity index (χ3v) is 5.98. The zero-order chi connectivity index (χ0) is 20.5. The summed E-state index contributed by atoms with van der Waals surface area (Å²) >= 11 is 0. The predicted molar refractivity (Wildman–Crippen MR) is 103 cm³/mol. The summed E-state index contributed by atoms with van der Waals surface area (Å²) in [7, 11) is 3.17. The summed E-state index contributed by atoms with van der Waals surface area (Å²) in [5, 5.41) is 0. The van der Waals surface area contributed by atoms with Crippen molar-refractivity contribution in [3.05, 3.63) is 62.9 Å². The second kappa shape index (κ2) is 5.83. The van der Waals surface area contributed by atoms with Crippen molar-refractivity contribution in [3.63, 3.8) is 0 Å². The number of aryl methyl sites for hydroxylation is 1. The molecular formula is C22H19NO6. The van der Waals surface area contributed by atoms with E-state index in [1.807, 2.05) is 0 Å². The molecule has 0 fully saturated rings. The van der Waals surface area contributed by atoms with Gasteiger partial charge >= 0.3 is 5.63 Å². The van der Waals surface area contributed by atoms with Crippen LogP contribution >= 0.6 is 0 Å². The monoisotopic (exact) mass is 393 g/mol. The van der Waals surface area contributed by atoms with E-state index in [1.54, 1.807) is 38.2 Å². The Morgan fingerprint density at radius 3 is 2.69 bits per heavy atom. The van der Waals surface area contributed by atoms with Crippen molar-refractivity contribution in [1.82, 2.24) is 0 Å². The van der Waals surface area contributed by atoms with Gasteiger partial charge in [0.2, 0.25) is 5.91 Å². The van der Waals surface area contributed by atoms with E-state index in [-0.39, 0.29) is 28.6 Å². The van der Waals surface area contributed by atoms with Crippen molar-refractivity contribution < 1.29 is 23.5 Å². The van der Waals surface area contributed by atoms with Gasteiger partial charge in [-0.05, 0) is 31.5 Å². The van der Waals surface area contributed by atoms with Gasteiger partial charge in [-0.1, -0.05) is 0 Å². The average Bonchev–Trinajstić information content (AvgIpc) is 2.89. The van der Waals surface area contributed by atoms with Crippen molar-refractivity contribution in [2.75, 3.05) is 19.1 Å². The predicted octanol–water partition coefficient (Wildman–Crippen LogP) is 2.62. The van der Waals surface area contributed by atoms with Crippen LogP contribution in [0, 0.1) is 6.92 Å². The van der Waals surface area contributed by atoms with E-state index in [0.29, 0.717) is 47.8 Å². The van der Waals surface area contributed by atoms with Crippen molar-refractivity contribution in [1.29, 1.82) is 0 Å². The van der Waals surface area contributed by atoms with E-state index in [2.05, 4.69) is 0 Å². The van der Waals surface area contributed by atoms with Crippen LogP contribution in [0.4, 0.5) is 5.69 Å². The lowest BCUT2D eigenvalue weighted by Crippen LogP contribution is -2.49. The number of allylic oxidation sites excluding steroid dienone is 1. The molecule has 7 heteroatoms. The second-order valence-corrected chi connectivity index (χ2v) is 7.56. The van der Waals surface area contributed by atoms with E-state index in [9.17, 15) is 14.4 Å². The van der Waals surface area contributed by atoms with Crippen LogP contribution in [-0.4, -0.2) is 25.8 Å². The van der Waals surface area contributed by atoms with Gasteiger partial charge in [0.15, 0.2) is 5.78 Å². The molecule has 2 aromatic rings. The van der Waals surface area contributed by atoms with Crippen molar-refractivity contribution in [2.45, 2.75) is 31.6 Å². The molecule has 2 aliphatic heterocycles. The highest BCUT2D eigenvalue weighted by molar-refractivity contribution is 6.19. The largest absolute Gasteiger partial charge is 0.497 e. The molecule has 1 spiro atoms. The Morgan fingerprint density at radius 2 is 1.93 bits per heavy atom. The number of fused-ring (bicyclic) bond motifs is 5. The SMILES string of the molecule is COc1ccc2c(c1)[C@]1(C(=O)N2C)C2=C(CCCC2=O)Oc2cc(C)oc(=O)c21. The lowest BCUT2D eigenvalue weighted by molar-refractivity contribution is -0.124. The van der Waals surface area contributed by atoms with Crippen molar-refractivity contribution >= 4 is 17.4 Å². The first kappa shape index (κ1) is 17.7. The number of ether oxygens (including phenoxy) is 2. The fourth-order valence-electron chi connectivity index (χ4n) is 4.79. The smallest absolute Gasteiger partial charge is 0.344 e. The lowest BCUT2D eigenvalue weighted by atomic mass is 9.65. The molecule has 1 aromatic heterocycles. The van der Waals surface area contributed by atoms with E-state index in [4.69, 9.17) is 13.9 Å². The summed E-state index contributed by atoms with van der Waals surface area (Å²) < 4.78 is 16.7. The molecule has 0 unspecified atom stereocenters. The van der Waals surface area contributed by atoms with Crippen LogP contribution < -0.4 is 20.0 Å². The Hall–Kier alpha value is -3.35. The van der Waals surface area contributed by atoms with E-state index in [0.717, 1.165) is 0 Å². The van der Waals surface area contributed by atoms with Crippen LogP contribution in [0.2, 0.25) is 0 Å². The number of amides is 1. The Bertz CT molecular complexity index is 1190. The number of anilines is 1. The fourth-order valence-corrected chi connectivity index (χ4v) is 4.79. The highest BCUT2D eigenvalue weighted by Crippen LogP contribution is 2.56. The Kier molecular flexibility index (Phi) is 3.56. The second-order valence-electron chi connectivity index (χ2n) is 7.56. The van der Waals surface area contributed by atoms with Crippen LogP contribution in [0.3, 0.4) is 0 Å². The number of ketones is 1. The Labute approximate surface area is 166 Å². The molecule has 7 nitrogen and oxygen atoms in total. The average molecular weight is 393 g/mol. The molecule has 0 N–H and O–H groups in total. The molecule has 0 saturated heterocycles. The summed E-state index contributed by atoms with van der Waals surface area (Å²) in [6.07, 6.45) is 1.46. The first-order valence-corrected chi connectivity index (χ1v) is 9.46. The molecule has 5 rings (SSSR count). The van der Waals surface area contributed by atoms with E-state index < -0.39 is 11.0 Å². The molecule has 1 atom stereocenters. The van der Waals surface area contributed by atoms with Gasteiger partial charge in [0.25, 0.3) is 0 Å². The zero-order valence-electron chi connectivity index (χ0n) is 16.3. The molecule has 1 aromatic carbocycles. The molecule has 1 amide bonds. The lowest BCUT2D eigenvalue weighted by Gasteiger charge is -2.38. The molecule has 3 heterocycles. The number of nitrogens with zero attached hydrogens (tertiary/aromatic N) is 1. The number of rotatable bonds is 1. The summed E-state index contributed by atoms with van der Waals surface area (Å²) in [6.45, 7) is 1.65. The maximum absolute atomic E-state index is 13.8. The quantitative estimate of drug-likeness (QED) is 0.740. The van der Waals surface area contributed by atoms with Crippen LogP contribution in [0.25, 0.3) is 0 Å². The molecule has 3 aliphatic rings. The standard InChI is InChI=1S/C22H19NO6/c1-11-9-17-19(20(25)28-11)22(18-15(24)5-4-6-16(18)29-17)13-10-12(27-3)7-8-14(13)23(2)21(22)26/h7-10H,4-6H2,1-3H3/t22-/m0/s1. The van der Waals surface area contributed by atoms with Gasteiger partial charge in [0.05, 0.1) is 12.7 Å². The van der Waals surface area contributed by atoms with Gasteiger partial charge in [-0.25, -0.2) is 4.79 Å². The number of carbonyl (C=O) groups excluding carboxylic acids is 2. The van der Waals surface area contributed by atoms with E-state index >= 15 is 0 Å². The molecule has 0 radical (unpaired) electrons. The normalized spacial score (nSPS) is 22.4. The van der Waals surface area contributed by atoms with Crippen molar-refractivity contribution in [3.8, 4) is 11.5 Å². The maximum atomic E-state index is 13.8. The highest BCUT2D eigenvalue weighted by atomic mass is 16.5. The molecule has 29 heavy (non-hydrogen) atoms. The van der Waals surface area contributed by atoms with Crippen LogP contribution in [0.5, 0.6) is 11.5 Å². The molecule has 148 valence electrons. The Morgan fingerprint density at radius 1 is 1.14 bits per heavy atom. The first-order chi connectivity index (χ1) is 13.9. The number of Topliss-reactive ketones (excluding diaryl/α,β-unsaturated/α-hetero) is 1. The molecular weight excluding hydrogens is 374 g/mol. The van der Waals surface area contributed by atoms with Gasteiger partial charge in [0.1, 0.15) is 34.0 Å². The summed E-state index contributed by atoms with van der Waals surface area (Å²) in [6, 6.07) is 6.83. The summed E-state index contributed by atoms with van der Waals surface area (Å²) in [4.78, 5) is 41.5. The number of hydrogen-bond donors (Lipinski definition) is 0. The fraction of sp³-hybridized carbons (Fsp3) is 0.318. The maximum Gasteiger partial charge on any atom is 0.344 e. The van der Waals surface area contributed by atoms with Gasteiger partial charge in [0, 0.05) is 37.2 Å². The zero-order valence-corrected chi connectivity index (χ0v) is 16.3. The van der Waals surface area contributed by atoms with Crippen LogP contribution in [0.1, 0.15) is 36.1 Å². The molecule has 0 saturated carbocycles. The minimum atomic E-state index is -1.59. The minimum absolute atomic E-state index is 0.0564. The summed E-state index contributed by atoms with van der Waals surface area (Å²) in [5.74, 6) is 1.07. The third-order valence-electron chi connectivity index (χ3n) is 5.98. The van der Waals surface area contributed by atoms with Crippen LogP contribution in [0.15, 0.2) is 44.8 Å². The van der Waals surface area contributed by atoms with E-state index in [1.165, 1.54) is 12.0 Å². The minimum Gasteiger partial charge on any atom is -0.497 e.